The van der Waals surface area contributed by atoms with Gasteiger partial charge in [-0.3, -0.25) is 0 Å². The van der Waals surface area contributed by atoms with Crippen molar-refractivity contribution in [2.45, 2.75) is 51.2 Å². The van der Waals surface area contributed by atoms with Crippen molar-refractivity contribution in [3.05, 3.63) is 24.2 Å². The van der Waals surface area contributed by atoms with Gasteiger partial charge in [0.05, 0.1) is 6.26 Å². The third-order valence-corrected chi connectivity index (χ3v) is 5.45. The third kappa shape index (κ3) is 4.98. The zero-order valence-electron chi connectivity index (χ0n) is 15.2. The Balaban J connectivity index is 1.42. The predicted molar refractivity (Wildman–Crippen MR) is 96.2 cm³/mol. The van der Waals surface area contributed by atoms with Gasteiger partial charge in [-0.1, -0.05) is 6.92 Å². The molecule has 0 saturated carbocycles. The van der Waals surface area contributed by atoms with Crippen LogP contribution >= 0.6 is 0 Å². The first-order valence-electron chi connectivity index (χ1n) is 9.62. The van der Waals surface area contributed by atoms with Gasteiger partial charge in [0.1, 0.15) is 11.9 Å². The number of carbonyl (C=O) groups excluding carboxylic acids is 1. The molecule has 1 aromatic heterocycles. The fraction of sp³-hybridized carbons (Fsp3) is 0.737. The molecule has 3 rings (SSSR count). The number of rotatable bonds is 6. The maximum Gasteiger partial charge on any atom is 0.317 e. The smallest absolute Gasteiger partial charge is 0.317 e. The Hall–Kier alpha value is -1.53. The number of amides is 2. The number of nitrogens with one attached hydrogen (secondary N) is 1. The first-order chi connectivity index (χ1) is 12.1. The molecule has 0 aliphatic carbocycles. The fourth-order valence-electron chi connectivity index (χ4n) is 4.12. The molecule has 3 heterocycles. The molecular weight excluding hydrogens is 318 g/mol. The van der Waals surface area contributed by atoms with Gasteiger partial charge in [-0.2, -0.15) is 0 Å². The molecule has 6 nitrogen and oxygen atoms in total. The number of urea groups is 1. The van der Waals surface area contributed by atoms with Gasteiger partial charge < -0.3 is 24.6 Å². The number of carbonyl (C=O) groups is 1. The Morgan fingerprint density at radius 1 is 1.40 bits per heavy atom. The van der Waals surface area contributed by atoms with Gasteiger partial charge in [-0.15, -0.1) is 0 Å². The minimum atomic E-state index is -0.650. The van der Waals surface area contributed by atoms with E-state index in [0.717, 1.165) is 44.9 Å². The lowest BCUT2D eigenvalue weighted by Crippen LogP contribution is -2.46. The molecule has 0 spiro atoms. The SMILES string of the molecule is CC1CCCN(CCNC(=O)N2CCCC2CC(O)c2ccco2)C1. The summed E-state index contributed by atoms with van der Waals surface area (Å²) in [5.74, 6) is 1.34. The summed E-state index contributed by atoms with van der Waals surface area (Å²) in [5.41, 5.74) is 0. The summed E-state index contributed by atoms with van der Waals surface area (Å²) in [5, 5.41) is 13.3. The lowest BCUT2D eigenvalue weighted by atomic mass is 10.0. The summed E-state index contributed by atoms with van der Waals surface area (Å²) >= 11 is 0. The Labute approximate surface area is 150 Å². The number of nitrogens with zero attached hydrogens (tertiary/aromatic N) is 2. The number of furan rings is 1. The zero-order valence-corrected chi connectivity index (χ0v) is 15.2. The maximum atomic E-state index is 12.5. The van der Waals surface area contributed by atoms with Crippen LogP contribution in [0.1, 0.15) is 50.9 Å². The number of aliphatic hydroxyl groups excluding tert-OH is 1. The van der Waals surface area contributed by atoms with E-state index < -0.39 is 6.10 Å². The average molecular weight is 349 g/mol. The average Bonchev–Trinajstić information content (AvgIpc) is 3.26. The van der Waals surface area contributed by atoms with E-state index in [2.05, 4.69) is 17.1 Å². The second-order valence-electron chi connectivity index (χ2n) is 7.54. The molecule has 2 aliphatic rings. The summed E-state index contributed by atoms with van der Waals surface area (Å²) in [6.07, 6.45) is 5.96. The molecule has 0 aromatic carbocycles. The molecule has 2 saturated heterocycles. The van der Waals surface area contributed by atoms with Crippen molar-refractivity contribution >= 4 is 6.03 Å². The first-order valence-corrected chi connectivity index (χ1v) is 9.62. The normalized spacial score (nSPS) is 25.9. The van der Waals surface area contributed by atoms with Gasteiger partial charge in [0.15, 0.2) is 0 Å². The maximum absolute atomic E-state index is 12.5. The van der Waals surface area contributed by atoms with Crippen LogP contribution in [-0.2, 0) is 0 Å². The highest BCUT2D eigenvalue weighted by Gasteiger charge is 2.31. The van der Waals surface area contributed by atoms with Gasteiger partial charge >= 0.3 is 6.03 Å². The topological polar surface area (TPSA) is 69.0 Å². The molecule has 140 valence electrons. The molecule has 3 atom stereocenters. The molecule has 0 radical (unpaired) electrons. The molecule has 1 aromatic rings. The van der Waals surface area contributed by atoms with E-state index in [9.17, 15) is 9.90 Å². The van der Waals surface area contributed by atoms with Crippen molar-refractivity contribution in [1.82, 2.24) is 15.1 Å². The summed E-state index contributed by atoms with van der Waals surface area (Å²) < 4.78 is 5.27. The number of hydrogen-bond acceptors (Lipinski definition) is 4. The summed E-state index contributed by atoms with van der Waals surface area (Å²) in [6, 6.07) is 3.64. The molecule has 0 bridgehead atoms. The molecule has 2 fully saturated rings. The zero-order chi connectivity index (χ0) is 17.6. The lowest BCUT2D eigenvalue weighted by Gasteiger charge is -2.31. The number of aliphatic hydroxyl groups is 1. The van der Waals surface area contributed by atoms with Crippen LogP contribution in [0.3, 0.4) is 0 Å². The third-order valence-electron chi connectivity index (χ3n) is 5.45. The quantitative estimate of drug-likeness (QED) is 0.828. The van der Waals surface area contributed by atoms with E-state index in [-0.39, 0.29) is 12.1 Å². The van der Waals surface area contributed by atoms with Crippen LogP contribution in [0.5, 0.6) is 0 Å². The highest BCUT2D eigenvalue weighted by atomic mass is 16.4. The number of piperidine rings is 1. The van der Waals surface area contributed by atoms with Crippen molar-refractivity contribution in [3.8, 4) is 0 Å². The van der Waals surface area contributed by atoms with Gasteiger partial charge in [0.25, 0.3) is 0 Å². The fourth-order valence-corrected chi connectivity index (χ4v) is 4.12. The number of hydrogen-bond donors (Lipinski definition) is 2. The number of likely N-dealkylation sites (tertiary alicyclic amines) is 2. The van der Waals surface area contributed by atoms with Crippen LogP contribution in [0.4, 0.5) is 4.79 Å². The van der Waals surface area contributed by atoms with Crippen LogP contribution in [0, 0.1) is 5.92 Å². The largest absolute Gasteiger partial charge is 0.467 e. The van der Waals surface area contributed by atoms with Gasteiger partial charge in [0.2, 0.25) is 0 Å². The van der Waals surface area contributed by atoms with E-state index in [1.54, 1.807) is 18.4 Å². The minimum Gasteiger partial charge on any atom is -0.467 e. The van der Waals surface area contributed by atoms with Crippen molar-refractivity contribution < 1.29 is 14.3 Å². The predicted octanol–water partition coefficient (Wildman–Crippen LogP) is 2.61. The Morgan fingerprint density at radius 3 is 3.00 bits per heavy atom. The van der Waals surface area contributed by atoms with Gasteiger partial charge in [-0.25, -0.2) is 4.79 Å². The summed E-state index contributed by atoms with van der Waals surface area (Å²) in [7, 11) is 0. The van der Waals surface area contributed by atoms with E-state index in [0.29, 0.717) is 18.7 Å². The monoisotopic (exact) mass is 349 g/mol. The molecular formula is C19H31N3O3. The van der Waals surface area contributed by atoms with E-state index in [1.807, 2.05) is 4.90 Å². The van der Waals surface area contributed by atoms with Gasteiger partial charge in [-0.05, 0) is 50.3 Å². The van der Waals surface area contributed by atoms with Crippen LogP contribution < -0.4 is 5.32 Å². The molecule has 3 unspecified atom stereocenters. The first kappa shape index (κ1) is 18.3. The van der Waals surface area contributed by atoms with Gasteiger partial charge in [0, 0.05) is 38.6 Å². The van der Waals surface area contributed by atoms with Crippen molar-refractivity contribution in [1.29, 1.82) is 0 Å². The van der Waals surface area contributed by atoms with Crippen LogP contribution in [0.25, 0.3) is 0 Å². The Bertz CT molecular complexity index is 534. The minimum absolute atomic E-state index is 0.000738. The molecule has 2 amide bonds. The van der Waals surface area contributed by atoms with E-state index in [1.165, 1.54) is 12.8 Å². The second kappa shape index (κ2) is 8.72. The van der Waals surface area contributed by atoms with Crippen molar-refractivity contribution in [3.63, 3.8) is 0 Å². The summed E-state index contributed by atoms with van der Waals surface area (Å²) in [6.45, 7) is 6.95. The van der Waals surface area contributed by atoms with E-state index >= 15 is 0 Å². The Kier molecular flexibility index (Phi) is 6.37. The molecule has 2 aliphatic heterocycles. The standard InChI is InChI=1S/C19H31N3O3/c1-15-5-2-9-21(14-15)11-8-20-19(24)22-10-3-6-16(22)13-17(23)18-7-4-12-25-18/h4,7,12,15-17,23H,2-3,5-6,8-11,13-14H2,1H3,(H,20,24). The molecule has 6 heteroatoms. The van der Waals surface area contributed by atoms with Crippen LogP contribution in [-0.4, -0.2) is 59.7 Å². The Morgan fingerprint density at radius 2 is 2.24 bits per heavy atom. The highest BCUT2D eigenvalue weighted by molar-refractivity contribution is 5.74. The van der Waals surface area contributed by atoms with Crippen LogP contribution in [0.2, 0.25) is 0 Å². The second-order valence-corrected chi connectivity index (χ2v) is 7.54. The lowest BCUT2D eigenvalue weighted by molar-refractivity contribution is 0.107. The van der Waals surface area contributed by atoms with Crippen molar-refractivity contribution in [2.24, 2.45) is 5.92 Å². The van der Waals surface area contributed by atoms with Crippen LogP contribution in [0.15, 0.2) is 22.8 Å². The highest BCUT2D eigenvalue weighted by Crippen LogP contribution is 2.27. The van der Waals surface area contributed by atoms with Crippen molar-refractivity contribution in [2.75, 3.05) is 32.7 Å². The summed E-state index contributed by atoms with van der Waals surface area (Å²) in [4.78, 5) is 16.8. The van der Waals surface area contributed by atoms with E-state index in [4.69, 9.17) is 4.42 Å². The molecule has 2 N–H and O–H groups in total. The molecule has 25 heavy (non-hydrogen) atoms.